The van der Waals surface area contributed by atoms with Crippen LogP contribution in [0.25, 0.3) is 11.3 Å². The lowest BCUT2D eigenvalue weighted by Crippen LogP contribution is -2.38. The van der Waals surface area contributed by atoms with Crippen LogP contribution < -0.4 is 4.74 Å². The minimum absolute atomic E-state index is 0.00305. The normalized spacial score (nSPS) is 11.0. The highest BCUT2D eigenvalue weighted by molar-refractivity contribution is 5.78. The molecule has 3 aromatic rings. The highest BCUT2D eigenvalue weighted by Crippen LogP contribution is 2.34. The zero-order chi connectivity index (χ0) is 21.7. The van der Waals surface area contributed by atoms with Crippen LogP contribution in [0, 0.1) is 6.92 Å². The zero-order valence-electron chi connectivity index (χ0n) is 18.3. The van der Waals surface area contributed by atoms with E-state index in [1.807, 2.05) is 82.4 Å². The van der Waals surface area contributed by atoms with Gasteiger partial charge in [0.2, 0.25) is 11.8 Å². The average Bonchev–Trinajstić information content (AvgIpc) is 3.02. The van der Waals surface area contributed by atoms with E-state index in [4.69, 9.17) is 14.6 Å². The van der Waals surface area contributed by atoms with Crippen LogP contribution in [0.1, 0.15) is 25.0 Å². The Bertz CT molecular complexity index is 996. The molecule has 0 saturated carbocycles. The lowest BCUT2D eigenvalue weighted by Gasteiger charge is -2.27. The third-order valence-corrected chi connectivity index (χ3v) is 4.88. The molecule has 0 aliphatic carbocycles. The molecular formula is C24H29N3O3. The summed E-state index contributed by atoms with van der Waals surface area (Å²) in [6.45, 7) is 6.42. The van der Waals surface area contributed by atoms with Crippen LogP contribution in [0.5, 0.6) is 11.6 Å². The molecule has 3 rings (SSSR count). The van der Waals surface area contributed by atoms with Crippen molar-refractivity contribution in [2.45, 2.75) is 33.4 Å². The minimum Gasteiger partial charge on any atom is -0.439 e. The minimum atomic E-state index is -0.0723. The molecule has 1 aromatic heterocycles. The van der Waals surface area contributed by atoms with Crippen LogP contribution in [-0.4, -0.2) is 40.3 Å². The lowest BCUT2D eigenvalue weighted by atomic mass is 10.1. The number of ether oxygens (including phenoxy) is 2. The maximum absolute atomic E-state index is 12.7. The van der Waals surface area contributed by atoms with Crippen LogP contribution in [0.2, 0.25) is 0 Å². The smallest absolute Gasteiger partial charge is 0.249 e. The van der Waals surface area contributed by atoms with Gasteiger partial charge in [0.05, 0.1) is 12.1 Å². The molecule has 0 radical (unpaired) electrons. The average molecular weight is 408 g/mol. The van der Waals surface area contributed by atoms with Gasteiger partial charge in [0, 0.05) is 25.8 Å². The second kappa shape index (κ2) is 9.59. The summed E-state index contributed by atoms with van der Waals surface area (Å²) in [4.78, 5) is 14.5. The Hall–Kier alpha value is -3.12. The first-order valence-corrected chi connectivity index (χ1v) is 10.0. The zero-order valence-corrected chi connectivity index (χ0v) is 18.3. The summed E-state index contributed by atoms with van der Waals surface area (Å²) < 4.78 is 13.1. The highest BCUT2D eigenvalue weighted by atomic mass is 16.5. The fraction of sp³-hybridized carbons (Fsp3) is 0.333. The van der Waals surface area contributed by atoms with Gasteiger partial charge in [-0.3, -0.25) is 4.79 Å². The van der Waals surface area contributed by atoms with E-state index in [9.17, 15) is 4.79 Å². The van der Waals surface area contributed by atoms with Crippen molar-refractivity contribution >= 4 is 5.91 Å². The topological polar surface area (TPSA) is 56.6 Å². The third-order valence-electron chi connectivity index (χ3n) is 4.88. The first-order valence-electron chi connectivity index (χ1n) is 10.0. The van der Waals surface area contributed by atoms with E-state index in [0.29, 0.717) is 12.4 Å². The number of carbonyl (C=O) groups is 1. The summed E-state index contributed by atoms with van der Waals surface area (Å²) in [5, 5.41) is 4.74. The molecular weight excluding hydrogens is 378 g/mol. The van der Waals surface area contributed by atoms with Gasteiger partial charge in [-0.05, 0) is 38.5 Å². The van der Waals surface area contributed by atoms with E-state index < -0.39 is 0 Å². The molecule has 0 fully saturated rings. The van der Waals surface area contributed by atoms with Crippen LogP contribution in [0.3, 0.4) is 0 Å². The van der Waals surface area contributed by atoms with Gasteiger partial charge in [0.15, 0.2) is 0 Å². The van der Waals surface area contributed by atoms with E-state index in [2.05, 4.69) is 0 Å². The molecule has 6 nitrogen and oxygen atoms in total. The van der Waals surface area contributed by atoms with Crippen LogP contribution >= 0.6 is 0 Å². The monoisotopic (exact) mass is 407 g/mol. The fourth-order valence-corrected chi connectivity index (χ4v) is 3.38. The van der Waals surface area contributed by atoms with Gasteiger partial charge in [-0.1, -0.05) is 42.5 Å². The molecule has 30 heavy (non-hydrogen) atoms. The second-order valence-electron chi connectivity index (χ2n) is 7.59. The maximum Gasteiger partial charge on any atom is 0.249 e. The van der Waals surface area contributed by atoms with E-state index in [1.54, 1.807) is 9.58 Å². The first kappa shape index (κ1) is 21.6. The molecule has 1 amide bonds. The number of benzene rings is 2. The van der Waals surface area contributed by atoms with Crippen LogP contribution in [0.4, 0.5) is 0 Å². The van der Waals surface area contributed by atoms with Crippen molar-refractivity contribution < 1.29 is 14.3 Å². The van der Waals surface area contributed by atoms with E-state index in [0.717, 1.165) is 28.1 Å². The summed E-state index contributed by atoms with van der Waals surface area (Å²) in [5.41, 5.74) is 3.75. The quantitative estimate of drug-likeness (QED) is 0.549. The summed E-state index contributed by atoms with van der Waals surface area (Å²) in [6.07, 6.45) is 0. The Morgan fingerprint density at radius 3 is 2.50 bits per heavy atom. The molecule has 158 valence electrons. The molecule has 0 saturated heterocycles. The van der Waals surface area contributed by atoms with Crippen LogP contribution in [-0.2, 0) is 23.1 Å². The van der Waals surface area contributed by atoms with E-state index in [-0.39, 0.29) is 18.6 Å². The number of aryl methyl sites for hydroxylation is 2. The fourth-order valence-electron chi connectivity index (χ4n) is 3.38. The summed E-state index contributed by atoms with van der Waals surface area (Å²) >= 11 is 0. The van der Waals surface area contributed by atoms with Gasteiger partial charge in [0.25, 0.3) is 0 Å². The second-order valence-corrected chi connectivity index (χ2v) is 7.59. The largest absolute Gasteiger partial charge is 0.439 e. The van der Waals surface area contributed by atoms with E-state index >= 15 is 0 Å². The number of amides is 1. The molecule has 0 aliphatic heterocycles. The van der Waals surface area contributed by atoms with Gasteiger partial charge in [0.1, 0.15) is 18.1 Å². The van der Waals surface area contributed by atoms with Gasteiger partial charge in [-0.15, -0.1) is 0 Å². The number of methoxy groups -OCH3 is 1. The Morgan fingerprint density at radius 1 is 1.13 bits per heavy atom. The molecule has 0 spiro atoms. The van der Waals surface area contributed by atoms with Crippen LogP contribution in [0.15, 0.2) is 54.6 Å². The summed E-state index contributed by atoms with van der Waals surface area (Å²) in [6, 6.07) is 17.8. The summed E-state index contributed by atoms with van der Waals surface area (Å²) in [5.74, 6) is 1.28. The van der Waals surface area contributed by atoms with Crippen molar-refractivity contribution in [3.63, 3.8) is 0 Å². The number of aromatic nitrogens is 2. The van der Waals surface area contributed by atoms with Gasteiger partial charge in [-0.25, -0.2) is 4.68 Å². The van der Waals surface area contributed by atoms with Crippen molar-refractivity contribution in [1.82, 2.24) is 14.7 Å². The molecule has 0 aliphatic rings. The number of hydrogen-bond donors (Lipinski definition) is 0. The molecule has 0 atom stereocenters. The number of rotatable bonds is 8. The number of carbonyl (C=O) groups excluding carboxylic acids is 1. The Balaban J connectivity index is 2.08. The highest BCUT2D eigenvalue weighted by Gasteiger charge is 2.25. The maximum atomic E-state index is 12.7. The first-order chi connectivity index (χ1) is 14.4. The Kier molecular flexibility index (Phi) is 6.90. The molecule has 0 unspecified atom stereocenters. The van der Waals surface area contributed by atoms with Gasteiger partial charge >= 0.3 is 0 Å². The number of hydrogen-bond acceptors (Lipinski definition) is 4. The standard InChI is InChI=1S/C24H29N3O3/c1-17(2)27(22(28)16-29-5)15-21-23(19-11-7-6-8-12-19)25-26(4)24(21)30-20-13-9-10-18(3)14-20/h6-14,17H,15-16H2,1-5H3. The van der Waals surface area contributed by atoms with Gasteiger partial charge in [-0.2, -0.15) is 5.10 Å². The molecule has 0 bridgehead atoms. The Morgan fingerprint density at radius 2 is 1.87 bits per heavy atom. The van der Waals surface area contributed by atoms with Crippen molar-refractivity contribution in [3.8, 4) is 22.9 Å². The molecule has 2 aromatic carbocycles. The molecule has 1 heterocycles. The van der Waals surface area contributed by atoms with Crippen molar-refractivity contribution in [1.29, 1.82) is 0 Å². The van der Waals surface area contributed by atoms with Crippen molar-refractivity contribution in [2.75, 3.05) is 13.7 Å². The predicted molar refractivity (Wildman–Crippen MR) is 117 cm³/mol. The van der Waals surface area contributed by atoms with Gasteiger partial charge < -0.3 is 14.4 Å². The van der Waals surface area contributed by atoms with Crippen molar-refractivity contribution in [2.24, 2.45) is 7.05 Å². The summed E-state index contributed by atoms with van der Waals surface area (Å²) in [7, 11) is 3.39. The predicted octanol–water partition coefficient (Wildman–Crippen LogP) is 4.57. The van der Waals surface area contributed by atoms with Crippen molar-refractivity contribution in [3.05, 3.63) is 65.7 Å². The van der Waals surface area contributed by atoms with E-state index in [1.165, 1.54) is 7.11 Å². The molecule has 0 N–H and O–H groups in total. The molecule has 6 heteroatoms. The third kappa shape index (κ3) is 4.89. The Labute approximate surface area is 178 Å². The SMILES string of the molecule is COCC(=O)N(Cc1c(-c2ccccc2)nn(C)c1Oc1cccc(C)c1)C(C)C. The lowest BCUT2D eigenvalue weighted by molar-refractivity contribution is -0.137. The number of nitrogens with zero attached hydrogens (tertiary/aromatic N) is 3.